The molecule has 1 saturated heterocycles. The highest BCUT2D eigenvalue weighted by molar-refractivity contribution is 4.80. The van der Waals surface area contributed by atoms with Crippen LogP contribution in [0.25, 0.3) is 0 Å². The van der Waals surface area contributed by atoms with Gasteiger partial charge < -0.3 is 15.2 Å². The molecule has 11 heavy (non-hydrogen) atoms. The van der Waals surface area contributed by atoms with Crippen LogP contribution in [0.4, 0.5) is 0 Å². The maximum Gasteiger partial charge on any atom is 0.169 e. The van der Waals surface area contributed by atoms with Crippen LogP contribution in [-0.4, -0.2) is 25.0 Å². The van der Waals surface area contributed by atoms with Crippen LogP contribution in [0.3, 0.4) is 0 Å². The number of rotatable bonds is 2. The van der Waals surface area contributed by atoms with E-state index in [1.165, 1.54) is 0 Å². The molecule has 2 atom stereocenters. The molecule has 1 fully saturated rings. The predicted molar refractivity (Wildman–Crippen MR) is 43.1 cm³/mol. The van der Waals surface area contributed by atoms with Crippen LogP contribution in [0.2, 0.25) is 0 Å². The van der Waals surface area contributed by atoms with Gasteiger partial charge in [0.1, 0.15) is 0 Å². The molecule has 1 aliphatic rings. The van der Waals surface area contributed by atoms with E-state index >= 15 is 0 Å². The highest BCUT2D eigenvalue weighted by Crippen LogP contribution is 2.28. The smallest absolute Gasteiger partial charge is 0.169 e. The van der Waals surface area contributed by atoms with Gasteiger partial charge in [-0.05, 0) is 13.8 Å². The number of nitrogens with two attached hydrogens (primary N) is 1. The van der Waals surface area contributed by atoms with Crippen LogP contribution in [0, 0.1) is 5.92 Å². The summed E-state index contributed by atoms with van der Waals surface area (Å²) in [5.74, 6) is -0.209. The molecule has 0 aromatic rings. The van der Waals surface area contributed by atoms with Crippen molar-refractivity contribution in [1.82, 2.24) is 0 Å². The summed E-state index contributed by atoms with van der Waals surface area (Å²) in [6.07, 6.45) is 0. The Bertz CT molecular complexity index is 130. The van der Waals surface area contributed by atoms with Crippen LogP contribution >= 0.6 is 0 Å². The van der Waals surface area contributed by atoms with E-state index in [1.807, 2.05) is 13.8 Å². The first kappa shape index (κ1) is 8.97. The van der Waals surface area contributed by atoms with Gasteiger partial charge in [-0.2, -0.15) is 0 Å². The van der Waals surface area contributed by atoms with E-state index < -0.39 is 5.79 Å². The monoisotopic (exact) mass is 159 g/mol. The van der Waals surface area contributed by atoms with Crippen LogP contribution in [0.1, 0.15) is 20.8 Å². The van der Waals surface area contributed by atoms with E-state index in [0.717, 1.165) is 0 Å². The Morgan fingerprint density at radius 1 is 1.27 bits per heavy atom. The molecule has 0 aliphatic carbocycles. The maximum absolute atomic E-state index is 5.74. The molecule has 2 N–H and O–H groups in total. The van der Waals surface area contributed by atoms with Crippen LogP contribution < -0.4 is 5.73 Å². The molecular formula is C8H17NO2. The molecule has 0 aromatic heterocycles. The van der Waals surface area contributed by atoms with Crippen molar-refractivity contribution < 1.29 is 9.47 Å². The molecule has 1 rings (SSSR count). The Morgan fingerprint density at radius 3 is 2.09 bits per heavy atom. The van der Waals surface area contributed by atoms with Gasteiger partial charge in [-0.15, -0.1) is 0 Å². The van der Waals surface area contributed by atoms with Gasteiger partial charge in [0.15, 0.2) is 5.79 Å². The first-order chi connectivity index (χ1) is 5.06. The van der Waals surface area contributed by atoms with Crippen molar-refractivity contribution in [3.63, 3.8) is 0 Å². The van der Waals surface area contributed by atoms with E-state index in [2.05, 4.69) is 6.92 Å². The molecule has 0 spiro atoms. The summed E-state index contributed by atoms with van der Waals surface area (Å²) in [5.41, 5.74) is 5.74. The van der Waals surface area contributed by atoms with Gasteiger partial charge in [0.25, 0.3) is 0 Å². The zero-order valence-corrected chi connectivity index (χ0v) is 7.46. The molecule has 3 nitrogen and oxygen atoms in total. The van der Waals surface area contributed by atoms with E-state index in [4.69, 9.17) is 15.2 Å². The van der Waals surface area contributed by atoms with Crippen LogP contribution in [-0.2, 0) is 9.47 Å². The third-order valence-electron chi connectivity index (χ3n) is 2.48. The average molecular weight is 159 g/mol. The lowest BCUT2D eigenvalue weighted by molar-refractivity contribution is -0.180. The second kappa shape index (κ2) is 3.09. The van der Waals surface area contributed by atoms with Crippen molar-refractivity contribution in [2.75, 3.05) is 13.2 Å². The summed E-state index contributed by atoms with van der Waals surface area (Å²) in [5, 5.41) is 0. The number of ether oxygens (including phenoxy) is 2. The Kier molecular flexibility index (Phi) is 2.52. The minimum atomic E-state index is -0.450. The van der Waals surface area contributed by atoms with Crippen molar-refractivity contribution in [1.29, 1.82) is 0 Å². The highest BCUT2D eigenvalue weighted by Gasteiger charge is 2.38. The van der Waals surface area contributed by atoms with Crippen LogP contribution in [0.5, 0.6) is 0 Å². The van der Waals surface area contributed by atoms with Gasteiger partial charge in [-0.1, -0.05) is 6.92 Å². The molecule has 2 unspecified atom stereocenters. The highest BCUT2D eigenvalue weighted by atomic mass is 16.7. The predicted octanol–water partition coefficient (Wildman–Crippen LogP) is 0.733. The molecule has 0 amide bonds. The summed E-state index contributed by atoms with van der Waals surface area (Å²) in [6.45, 7) is 7.35. The summed E-state index contributed by atoms with van der Waals surface area (Å²) in [7, 11) is 0. The van der Waals surface area contributed by atoms with Crippen molar-refractivity contribution in [2.45, 2.75) is 32.6 Å². The lowest BCUT2D eigenvalue weighted by Crippen LogP contribution is -2.43. The van der Waals surface area contributed by atoms with E-state index in [0.29, 0.717) is 13.2 Å². The fraction of sp³-hybridized carbons (Fsp3) is 1.00. The molecule has 0 bridgehead atoms. The van der Waals surface area contributed by atoms with Crippen molar-refractivity contribution in [2.24, 2.45) is 11.7 Å². The van der Waals surface area contributed by atoms with E-state index in [-0.39, 0.29) is 12.0 Å². The van der Waals surface area contributed by atoms with Crippen molar-refractivity contribution in [3.05, 3.63) is 0 Å². The second-order valence-corrected chi connectivity index (χ2v) is 3.36. The topological polar surface area (TPSA) is 44.5 Å². The third-order valence-corrected chi connectivity index (χ3v) is 2.48. The first-order valence-electron chi connectivity index (χ1n) is 4.10. The van der Waals surface area contributed by atoms with Crippen molar-refractivity contribution >= 4 is 0 Å². The maximum atomic E-state index is 5.74. The molecule has 66 valence electrons. The standard InChI is InChI=1S/C8H17NO2/c1-6(7(2)9)8(3)10-4-5-11-8/h6-7H,4-5,9H2,1-3H3. The molecule has 1 aliphatic heterocycles. The second-order valence-electron chi connectivity index (χ2n) is 3.36. The molecule has 1 heterocycles. The van der Waals surface area contributed by atoms with E-state index in [1.54, 1.807) is 0 Å². The third kappa shape index (κ3) is 1.72. The minimum Gasteiger partial charge on any atom is -0.347 e. The van der Waals surface area contributed by atoms with E-state index in [9.17, 15) is 0 Å². The molecule has 0 saturated carbocycles. The van der Waals surface area contributed by atoms with Gasteiger partial charge in [-0.3, -0.25) is 0 Å². The summed E-state index contributed by atoms with van der Waals surface area (Å²) < 4.78 is 10.9. The molecule has 0 radical (unpaired) electrons. The Hall–Kier alpha value is -0.120. The average Bonchev–Trinajstić information content (AvgIpc) is 2.35. The summed E-state index contributed by atoms with van der Waals surface area (Å²) in [6, 6.07) is 0.109. The number of hydrogen-bond donors (Lipinski definition) is 1. The zero-order chi connectivity index (χ0) is 8.48. The molecule has 3 heteroatoms. The quantitative estimate of drug-likeness (QED) is 0.646. The summed E-state index contributed by atoms with van der Waals surface area (Å²) >= 11 is 0. The fourth-order valence-electron chi connectivity index (χ4n) is 1.27. The first-order valence-corrected chi connectivity index (χ1v) is 4.10. The Morgan fingerprint density at radius 2 is 1.73 bits per heavy atom. The van der Waals surface area contributed by atoms with Gasteiger partial charge >= 0.3 is 0 Å². The Labute approximate surface area is 67.9 Å². The molecule has 0 aromatic carbocycles. The number of hydrogen-bond acceptors (Lipinski definition) is 3. The Balaban J connectivity index is 2.56. The van der Waals surface area contributed by atoms with Crippen LogP contribution in [0.15, 0.2) is 0 Å². The molecular weight excluding hydrogens is 142 g/mol. The lowest BCUT2D eigenvalue weighted by Gasteiger charge is -2.31. The lowest BCUT2D eigenvalue weighted by atomic mass is 9.95. The fourth-order valence-corrected chi connectivity index (χ4v) is 1.27. The SMILES string of the molecule is CC(N)C(C)C1(C)OCCO1. The van der Waals surface area contributed by atoms with Gasteiger partial charge in [0.05, 0.1) is 13.2 Å². The van der Waals surface area contributed by atoms with Crippen molar-refractivity contribution in [3.8, 4) is 0 Å². The van der Waals surface area contributed by atoms with Gasteiger partial charge in [0.2, 0.25) is 0 Å². The van der Waals surface area contributed by atoms with Gasteiger partial charge in [-0.25, -0.2) is 0 Å². The summed E-state index contributed by atoms with van der Waals surface area (Å²) in [4.78, 5) is 0. The largest absolute Gasteiger partial charge is 0.347 e. The normalized spacial score (nSPS) is 28.4. The minimum absolute atomic E-state index is 0.109. The zero-order valence-electron chi connectivity index (χ0n) is 7.46. The van der Waals surface area contributed by atoms with Gasteiger partial charge in [0, 0.05) is 12.0 Å².